The highest BCUT2D eigenvalue weighted by Gasteiger charge is 2.58. The number of hydrogen-bond donors (Lipinski definition) is 2. The molecule has 1 saturated carbocycles. The predicted octanol–water partition coefficient (Wildman–Crippen LogP) is 0.393. The molecule has 2 saturated heterocycles. The van der Waals surface area contributed by atoms with Crippen LogP contribution in [0.4, 0.5) is 4.79 Å². The minimum atomic E-state index is -0.0127. The van der Waals surface area contributed by atoms with E-state index in [0.29, 0.717) is 11.5 Å². The second-order valence-electron chi connectivity index (χ2n) is 4.55. The zero-order chi connectivity index (χ0) is 9.76. The van der Waals surface area contributed by atoms with Crippen LogP contribution in [0, 0.1) is 5.41 Å². The van der Waals surface area contributed by atoms with Crippen LogP contribution in [0.5, 0.6) is 0 Å². The van der Waals surface area contributed by atoms with Gasteiger partial charge in [0.15, 0.2) is 0 Å². The Morgan fingerprint density at radius 3 is 3.07 bits per heavy atom. The number of rotatable bonds is 1. The van der Waals surface area contributed by atoms with E-state index in [1.165, 1.54) is 19.1 Å². The number of fused-ring (bicyclic) bond motifs is 3. The quantitative estimate of drug-likeness (QED) is 0.361. The molecule has 2 atom stereocenters. The molecule has 0 aromatic heterocycles. The predicted molar refractivity (Wildman–Crippen MR) is 49.4 cm³/mol. The van der Waals surface area contributed by atoms with E-state index in [9.17, 15) is 4.79 Å². The zero-order valence-corrected chi connectivity index (χ0v) is 7.81. The monoisotopic (exact) mass is 195 g/mol. The molecular weight excluding hydrogens is 182 g/mol. The average Bonchev–Trinajstić information content (AvgIpc) is 2.83. The minimum Gasteiger partial charge on any atom is -0.411 e. The highest BCUT2D eigenvalue weighted by atomic mass is 16.4. The summed E-state index contributed by atoms with van der Waals surface area (Å²) in [7, 11) is 0. The van der Waals surface area contributed by atoms with Crippen LogP contribution in [-0.4, -0.2) is 41.0 Å². The first-order valence-corrected chi connectivity index (χ1v) is 5.00. The first-order valence-electron chi connectivity index (χ1n) is 5.00. The Hall–Kier alpha value is -1.26. The van der Waals surface area contributed by atoms with Crippen LogP contribution in [-0.2, 0) is 0 Å². The number of carbonyl (C=O) groups excluding carboxylic acids is 1. The number of carbonyl (C=O) groups is 1. The van der Waals surface area contributed by atoms with Gasteiger partial charge in [0.1, 0.15) is 0 Å². The van der Waals surface area contributed by atoms with Crippen molar-refractivity contribution in [3.05, 3.63) is 0 Å². The first-order chi connectivity index (χ1) is 6.75. The van der Waals surface area contributed by atoms with Crippen LogP contribution < -0.4 is 5.32 Å². The largest absolute Gasteiger partial charge is 0.411 e. The molecule has 0 aromatic rings. The molecule has 2 aliphatic heterocycles. The number of oxime groups is 1. The Labute approximate surface area is 81.8 Å². The summed E-state index contributed by atoms with van der Waals surface area (Å²) in [5, 5.41) is 14.6. The molecule has 14 heavy (non-hydrogen) atoms. The van der Waals surface area contributed by atoms with Crippen molar-refractivity contribution in [3.8, 4) is 0 Å². The Balaban J connectivity index is 1.90. The van der Waals surface area contributed by atoms with Crippen LogP contribution in [0.2, 0.25) is 0 Å². The lowest BCUT2D eigenvalue weighted by molar-refractivity contribution is 0.181. The van der Waals surface area contributed by atoms with E-state index < -0.39 is 0 Å². The fourth-order valence-corrected chi connectivity index (χ4v) is 2.78. The third-order valence-electron chi connectivity index (χ3n) is 3.82. The van der Waals surface area contributed by atoms with Gasteiger partial charge in [-0.15, -0.1) is 0 Å². The lowest BCUT2D eigenvalue weighted by atomic mass is 9.86. The van der Waals surface area contributed by atoms with Gasteiger partial charge in [-0.3, -0.25) is 0 Å². The van der Waals surface area contributed by atoms with Crippen molar-refractivity contribution in [1.29, 1.82) is 0 Å². The molecule has 2 heterocycles. The molecule has 0 unspecified atom stereocenters. The van der Waals surface area contributed by atoms with E-state index in [1.54, 1.807) is 4.90 Å². The standard InChI is InChI=1S/C9H13N3O2/c13-8-11-7-5-12(8)6(4-10-14)3-9(7)1-2-9/h4,6-7,14H,1-3,5H2,(H,11,13)/b10-4+/t6-,7-/m0/s1. The Morgan fingerprint density at radius 2 is 2.43 bits per heavy atom. The molecule has 1 spiro atoms. The van der Waals surface area contributed by atoms with Gasteiger partial charge in [0.25, 0.3) is 0 Å². The second kappa shape index (κ2) is 2.40. The smallest absolute Gasteiger partial charge is 0.318 e. The number of amides is 2. The van der Waals surface area contributed by atoms with Crippen molar-refractivity contribution in [2.24, 2.45) is 10.6 Å². The molecule has 1 aliphatic carbocycles. The van der Waals surface area contributed by atoms with E-state index >= 15 is 0 Å². The number of nitrogens with zero attached hydrogens (tertiary/aromatic N) is 2. The number of urea groups is 1. The Kier molecular flexibility index (Phi) is 1.39. The third-order valence-corrected chi connectivity index (χ3v) is 3.82. The van der Waals surface area contributed by atoms with Gasteiger partial charge >= 0.3 is 6.03 Å². The van der Waals surface area contributed by atoms with E-state index in [0.717, 1.165) is 13.0 Å². The number of nitrogens with one attached hydrogen (secondary N) is 1. The molecule has 2 bridgehead atoms. The topological polar surface area (TPSA) is 64.9 Å². The van der Waals surface area contributed by atoms with Gasteiger partial charge in [0.2, 0.25) is 0 Å². The number of piperidine rings is 1. The van der Waals surface area contributed by atoms with Gasteiger partial charge in [0.05, 0.1) is 18.3 Å². The molecule has 3 rings (SSSR count). The minimum absolute atomic E-state index is 0.0105. The van der Waals surface area contributed by atoms with Crippen molar-refractivity contribution < 1.29 is 10.0 Å². The fourth-order valence-electron chi connectivity index (χ4n) is 2.78. The Morgan fingerprint density at radius 1 is 1.64 bits per heavy atom. The van der Waals surface area contributed by atoms with Crippen molar-refractivity contribution >= 4 is 12.2 Å². The zero-order valence-electron chi connectivity index (χ0n) is 7.81. The summed E-state index contributed by atoms with van der Waals surface area (Å²) >= 11 is 0. The first kappa shape index (κ1) is 8.08. The van der Waals surface area contributed by atoms with E-state index in [2.05, 4.69) is 10.5 Å². The van der Waals surface area contributed by atoms with Crippen molar-refractivity contribution in [2.75, 3.05) is 6.54 Å². The SMILES string of the molecule is O=C1N[C@H]2CN1[C@H](/C=N/O)CC21CC1. The molecule has 2 amide bonds. The highest BCUT2D eigenvalue weighted by molar-refractivity contribution is 5.82. The summed E-state index contributed by atoms with van der Waals surface area (Å²) in [6.07, 6.45) is 4.81. The molecular formula is C9H13N3O2. The maximum atomic E-state index is 11.5. The molecule has 2 N–H and O–H groups in total. The second-order valence-corrected chi connectivity index (χ2v) is 4.55. The summed E-state index contributed by atoms with van der Waals surface area (Å²) in [5.41, 5.74) is 0.314. The van der Waals surface area contributed by atoms with Gasteiger partial charge < -0.3 is 15.4 Å². The van der Waals surface area contributed by atoms with Crippen molar-refractivity contribution in [1.82, 2.24) is 10.2 Å². The maximum Gasteiger partial charge on any atom is 0.318 e. The van der Waals surface area contributed by atoms with Gasteiger partial charge in [0, 0.05) is 6.54 Å². The van der Waals surface area contributed by atoms with E-state index in [4.69, 9.17) is 5.21 Å². The molecule has 5 heteroatoms. The molecule has 3 fully saturated rings. The number of hydrogen-bond acceptors (Lipinski definition) is 3. The Bertz CT molecular complexity index is 311. The van der Waals surface area contributed by atoms with Gasteiger partial charge in [-0.25, -0.2) is 4.79 Å². The molecule has 5 nitrogen and oxygen atoms in total. The lowest BCUT2D eigenvalue weighted by Gasteiger charge is -2.33. The average molecular weight is 195 g/mol. The van der Waals surface area contributed by atoms with Crippen molar-refractivity contribution in [3.63, 3.8) is 0 Å². The molecule has 3 aliphatic rings. The highest BCUT2D eigenvalue weighted by Crippen LogP contribution is 2.56. The van der Waals surface area contributed by atoms with Crippen LogP contribution >= 0.6 is 0 Å². The summed E-state index contributed by atoms with van der Waals surface area (Å²) in [4.78, 5) is 13.3. The summed E-state index contributed by atoms with van der Waals surface area (Å²) in [5.74, 6) is 0. The summed E-state index contributed by atoms with van der Waals surface area (Å²) in [6.45, 7) is 0.773. The third kappa shape index (κ3) is 0.895. The summed E-state index contributed by atoms with van der Waals surface area (Å²) < 4.78 is 0. The summed E-state index contributed by atoms with van der Waals surface area (Å²) in [6, 6.07) is 0.309. The van der Waals surface area contributed by atoms with Crippen molar-refractivity contribution in [2.45, 2.75) is 31.3 Å². The molecule has 0 aromatic carbocycles. The normalized spacial score (nSPS) is 38.0. The molecule has 76 valence electrons. The van der Waals surface area contributed by atoms with Crippen LogP contribution in [0.3, 0.4) is 0 Å². The maximum absolute atomic E-state index is 11.5. The van der Waals surface area contributed by atoms with Crippen LogP contribution in [0.25, 0.3) is 0 Å². The lowest BCUT2D eigenvalue weighted by Crippen LogP contribution is -2.46. The van der Waals surface area contributed by atoms with E-state index in [1.807, 2.05) is 0 Å². The fraction of sp³-hybridized carbons (Fsp3) is 0.778. The van der Waals surface area contributed by atoms with Gasteiger partial charge in [-0.05, 0) is 24.7 Å². The van der Waals surface area contributed by atoms with Crippen LogP contribution in [0.15, 0.2) is 5.16 Å². The van der Waals surface area contributed by atoms with Crippen LogP contribution in [0.1, 0.15) is 19.3 Å². The molecule has 0 radical (unpaired) electrons. The van der Waals surface area contributed by atoms with Gasteiger partial charge in [-0.2, -0.15) is 0 Å². The van der Waals surface area contributed by atoms with E-state index in [-0.39, 0.29) is 12.1 Å². The van der Waals surface area contributed by atoms with Gasteiger partial charge in [-0.1, -0.05) is 5.16 Å².